The molecule has 0 radical (unpaired) electrons. The molecule has 7 rings (SSSR count). The molecule has 1 saturated carbocycles. The maximum absolute atomic E-state index is 5.74. The second-order valence-corrected chi connectivity index (χ2v) is 13.3. The standard InChI is InChI=1S/C40H45N2O/c1-5-22-42-35-19-18-29(2)24-34(35)40(20-9-6-10-21-40)38(42)17-11-16-37-39(3,27-30-13-12-23-43-28-30)33-25-31-14-7-8-15-32(31)26-36(33)41(37)4/h7-8,11-19,24-26,28H,5-6,9-10,20-23,27H2,1-4H3/q+1. The van der Waals surface area contributed by atoms with E-state index in [4.69, 9.17) is 4.74 Å². The quantitative estimate of drug-likeness (QED) is 0.275. The number of fused-ring (bicyclic) bond motifs is 4. The van der Waals surface area contributed by atoms with Crippen molar-refractivity contribution in [3.05, 3.63) is 119 Å². The Morgan fingerprint density at radius 1 is 0.977 bits per heavy atom. The van der Waals surface area contributed by atoms with Gasteiger partial charge in [0.1, 0.15) is 13.2 Å². The number of aryl methyl sites for hydroxylation is 1. The van der Waals surface area contributed by atoms with Crippen LogP contribution in [0.2, 0.25) is 0 Å². The van der Waals surface area contributed by atoms with Gasteiger partial charge in [0, 0.05) is 48.0 Å². The van der Waals surface area contributed by atoms with Crippen LogP contribution in [0.4, 0.5) is 11.4 Å². The summed E-state index contributed by atoms with van der Waals surface area (Å²) < 4.78 is 8.38. The third-order valence-electron chi connectivity index (χ3n) is 10.5. The Bertz CT molecular complexity index is 1730. The van der Waals surface area contributed by atoms with E-state index in [1.54, 1.807) is 5.56 Å². The first-order valence-electron chi connectivity index (χ1n) is 16.3. The summed E-state index contributed by atoms with van der Waals surface area (Å²) in [5.74, 6) is 0. The van der Waals surface area contributed by atoms with Crippen molar-refractivity contribution in [1.82, 2.24) is 0 Å². The van der Waals surface area contributed by atoms with Gasteiger partial charge in [0.2, 0.25) is 5.69 Å². The zero-order valence-corrected chi connectivity index (χ0v) is 26.3. The van der Waals surface area contributed by atoms with E-state index in [-0.39, 0.29) is 10.8 Å². The van der Waals surface area contributed by atoms with Gasteiger partial charge in [-0.2, -0.15) is 4.58 Å². The third-order valence-corrected chi connectivity index (χ3v) is 10.5. The average Bonchev–Trinajstić information content (AvgIpc) is 3.37. The van der Waals surface area contributed by atoms with E-state index in [1.165, 1.54) is 82.4 Å². The summed E-state index contributed by atoms with van der Waals surface area (Å²) in [6, 6.07) is 20.7. The second kappa shape index (κ2) is 11.0. The molecule has 3 aromatic rings. The van der Waals surface area contributed by atoms with Crippen molar-refractivity contribution in [2.45, 2.75) is 76.5 Å². The number of benzene rings is 3. The minimum atomic E-state index is -0.179. The van der Waals surface area contributed by atoms with Gasteiger partial charge in [-0.1, -0.05) is 74.2 Å². The largest absolute Gasteiger partial charge is 0.497 e. The average molecular weight is 570 g/mol. The van der Waals surface area contributed by atoms with Crippen molar-refractivity contribution in [3.63, 3.8) is 0 Å². The molecule has 1 aliphatic carbocycles. The number of nitrogens with zero attached hydrogens (tertiary/aromatic N) is 2. The van der Waals surface area contributed by atoms with E-state index >= 15 is 0 Å². The van der Waals surface area contributed by atoms with Crippen molar-refractivity contribution in [2.24, 2.45) is 0 Å². The molecule has 0 aromatic heterocycles. The molecule has 3 heteroatoms. The lowest BCUT2D eigenvalue weighted by Gasteiger charge is -2.32. The fourth-order valence-corrected chi connectivity index (χ4v) is 8.45. The van der Waals surface area contributed by atoms with E-state index in [9.17, 15) is 0 Å². The Kier molecular flexibility index (Phi) is 7.16. The number of allylic oxidation sites excluding steroid dienone is 6. The summed E-state index contributed by atoms with van der Waals surface area (Å²) in [5, 5.41) is 2.59. The second-order valence-electron chi connectivity index (χ2n) is 13.3. The Balaban J connectivity index is 1.34. The maximum atomic E-state index is 5.74. The van der Waals surface area contributed by atoms with E-state index in [1.807, 2.05) is 6.26 Å². The Hall–Kier alpha value is -3.85. The SMILES string of the molecule is CCC[N+]1=C(/C=C/C=C2/N(C)c3cc4ccccc4cc3C2(C)CC2=COCC=C2)C2(CCCCC2)c2cc(C)ccc21. The lowest BCUT2D eigenvalue weighted by atomic mass is 9.67. The fraction of sp³-hybridized carbons (Fsp3) is 0.375. The first kappa shape index (κ1) is 28.0. The van der Waals surface area contributed by atoms with Crippen molar-refractivity contribution in [3.8, 4) is 0 Å². The molecule has 4 aliphatic rings. The van der Waals surface area contributed by atoms with Crippen molar-refractivity contribution < 1.29 is 9.31 Å². The highest BCUT2D eigenvalue weighted by Crippen LogP contribution is 2.52. The van der Waals surface area contributed by atoms with Crippen LogP contribution in [-0.2, 0) is 15.6 Å². The fourth-order valence-electron chi connectivity index (χ4n) is 8.45. The smallest absolute Gasteiger partial charge is 0.209 e. The van der Waals surface area contributed by atoms with E-state index in [0.29, 0.717) is 6.61 Å². The van der Waals surface area contributed by atoms with Gasteiger partial charge in [-0.3, -0.25) is 0 Å². The van der Waals surface area contributed by atoms with Gasteiger partial charge in [-0.25, -0.2) is 0 Å². The van der Waals surface area contributed by atoms with Crippen LogP contribution in [0.5, 0.6) is 0 Å². The van der Waals surface area contributed by atoms with Gasteiger partial charge < -0.3 is 9.64 Å². The molecule has 0 saturated heterocycles. The van der Waals surface area contributed by atoms with Crippen LogP contribution in [0, 0.1) is 6.92 Å². The van der Waals surface area contributed by atoms with Crippen LogP contribution >= 0.6 is 0 Å². The van der Waals surface area contributed by atoms with Gasteiger partial charge in [0.25, 0.3) is 0 Å². The molecule has 0 bridgehead atoms. The molecule has 43 heavy (non-hydrogen) atoms. The summed E-state index contributed by atoms with van der Waals surface area (Å²) in [7, 11) is 2.24. The van der Waals surface area contributed by atoms with Gasteiger partial charge in [-0.15, -0.1) is 0 Å². The summed E-state index contributed by atoms with van der Waals surface area (Å²) in [6.07, 6.45) is 22.1. The van der Waals surface area contributed by atoms with E-state index in [2.05, 4.69) is 122 Å². The molecule has 1 atom stereocenters. The molecule has 3 aromatic carbocycles. The molecule has 0 amide bonds. The Labute approximate surface area is 257 Å². The van der Waals surface area contributed by atoms with E-state index in [0.717, 1.165) is 19.4 Å². The molecule has 1 spiro atoms. The minimum Gasteiger partial charge on any atom is -0.497 e. The summed E-state index contributed by atoms with van der Waals surface area (Å²) >= 11 is 0. The minimum absolute atomic E-state index is 0.129. The predicted octanol–water partition coefficient (Wildman–Crippen LogP) is 9.57. The highest BCUT2D eigenvalue weighted by atomic mass is 16.5. The van der Waals surface area contributed by atoms with Gasteiger partial charge in [-0.05, 0) is 85.4 Å². The number of rotatable bonds is 6. The maximum Gasteiger partial charge on any atom is 0.209 e. The Morgan fingerprint density at radius 3 is 2.51 bits per heavy atom. The lowest BCUT2D eigenvalue weighted by molar-refractivity contribution is -0.437. The zero-order chi connectivity index (χ0) is 29.6. The van der Waals surface area contributed by atoms with Gasteiger partial charge in [0.15, 0.2) is 5.71 Å². The predicted molar refractivity (Wildman–Crippen MR) is 181 cm³/mol. The topological polar surface area (TPSA) is 15.5 Å². The highest BCUT2D eigenvalue weighted by Gasteiger charge is 2.51. The summed E-state index contributed by atoms with van der Waals surface area (Å²) in [5.41, 5.74) is 11.1. The molecular formula is C40H45N2O+. The molecule has 1 fully saturated rings. The normalized spacial score (nSPS) is 23.4. The zero-order valence-electron chi connectivity index (χ0n) is 26.3. The molecule has 3 nitrogen and oxygen atoms in total. The first-order chi connectivity index (χ1) is 20.9. The number of hydrogen-bond acceptors (Lipinski definition) is 2. The lowest BCUT2D eigenvalue weighted by Crippen LogP contribution is -2.36. The molecular weight excluding hydrogens is 524 g/mol. The third kappa shape index (κ3) is 4.60. The number of anilines is 1. The summed E-state index contributed by atoms with van der Waals surface area (Å²) in [4.78, 5) is 2.43. The molecule has 3 aliphatic heterocycles. The van der Waals surface area contributed by atoms with Crippen molar-refractivity contribution in [1.29, 1.82) is 0 Å². The van der Waals surface area contributed by atoms with Crippen molar-refractivity contribution >= 4 is 27.9 Å². The first-order valence-corrected chi connectivity index (χ1v) is 16.3. The van der Waals surface area contributed by atoms with Crippen LogP contribution in [0.3, 0.4) is 0 Å². The Morgan fingerprint density at radius 2 is 1.77 bits per heavy atom. The molecule has 0 N–H and O–H groups in total. The molecule has 3 heterocycles. The van der Waals surface area contributed by atoms with Gasteiger partial charge in [0.05, 0.1) is 11.7 Å². The monoisotopic (exact) mass is 569 g/mol. The van der Waals surface area contributed by atoms with Crippen LogP contribution in [0.25, 0.3) is 10.8 Å². The number of hydrogen-bond donors (Lipinski definition) is 0. The molecule has 1 unspecified atom stereocenters. The van der Waals surface area contributed by atoms with Crippen molar-refractivity contribution in [2.75, 3.05) is 25.1 Å². The number of likely N-dealkylation sites (N-methyl/N-ethyl adjacent to an activating group) is 1. The van der Waals surface area contributed by atoms with Crippen LogP contribution in [-0.4, -0.2) is 30.5 Å². The van der Waals surface area contributed by atoms with Gasteiger partial charge >= 0.3 is 0 Å². The summed E-state index contributed by atoms with van der Waals surface area (Å²) in [6.45, 7) is 8.69. The molecule has 220 valence electrons. The number of ether oxygens (including phenoxy) is 1. The van der Waals surface area contributed by atoms with Crippen LogP contribution in [0.1, 0.15) is 75.5 Å². The van der Waals surface area contributed by atoms with E-state index < -0.39 is 0 Å². The van der Waals surface area contributed by atoms with Crippen LogP contribution in [0.15, 0.2) is 103 Å². The highest BCUT2D eigenvalue weighted by molar-refractivity contribution is 6.04. The van der Waals surface area contributed by atoms with Crippen LogP contribution < -0.4 is 4.90 Å².